The van der Waals surface area contributed by atoms with Crippen LogP contribution in [0.5, 0.6) is 0 Å². The van der Waals surface area contributed by atoms with E-state index < -0.39 is 0 Å². The molecule has 0 aromatic heterocycles. The van der Waals surface area contributed by atoms with E-state index in [2.05, 4.69) is 67.7 Å². The van der Waals surface area contributed by atoms with Crippen molar-refractivity contribution in [3.63, 3.8) is 0 Å². The monoisotopic (exact) mass is 251 g/mol. The van der Waals surface area contributed by atoms with Crippen molar-refractivity contribution in [3.05, 3.63) is 70.8 Å². The predicted octanol–water partition coefficient (Wildman–Crippen LogP) is 4.20. The van der Waals surface area contributed by atoms with Crippen molar-refractivity contribution >= 4 is 0 Å². The molecular formula is C18H21N. The fourth-order valence-corrected chi connectivity index (χ4v) is 2.81. The third-order valence-electron chi connectivity index (χ3n) is 4.06. The summed E-state index contributed by atoms with van der Waals surface area (Å²) in [6, 6.07) is 18.2. The lowest BCUT2D eigenvalue weighted by Crippen LogP contribution is -2.28. The largest absolute Gasteiger partial charge is 0.306 e. The molecule has 0 fully saturated rings. The molecule has 3 rings (SSSR count). The standard InChI is InChI=1S/C18H21N/c1-13(2)15-8-9-16-11-18(19-12-17(16)10-15)14-6-4-3-5-7-14/h3-10,13,18-19H,11-12H2,1-2H3. The Labute approximate surface area is 115 Å². The van der Waals surface area contributed by atoms with Crippen LogP contribution in [0.25, 0.3) is 0 Å². The molecule has 98 valence electrons. The van der Waals surface area contributed by atoms with E-state index in [4.69, 9.17) is 0 Å². The molecule has 0 radical (unpaired) electrons. The highest BCUT2D eigenvalue weighted by Gasteiger charge is 2.19. The summed E-state index contributed by atoms with van der Waals surface area (Å²) >= 11 is 0. The number of nitrogens with one attached hydrogen (secondary N) is 1. The molecule has 1 aliphatic rings. The zero-order chi connectivity index (χ0) is 13.2. The summed E-state index contributed by atoms with van der Waals surface area (Å²) in [5.41, 5.74) is 5.80. The molecule has 1 nitrogen and oxygen atoms in total. The van der Waals surface area contributed by atoms with Crippen molar-refractivity contribution in [3.8, 4) is 0 Å². The van der Waals surface area contributed by atoms with Gasteiger partial charge in [-0.15, -0.1) is 0 Å². The lowest BCUT2D eigenvalue weighted by Gasteiger charge is -2.27. The van der Waals surface area contributed by atoms with E-state index in [1.807, 2.05) is 0 Å². The molecule has 0 spiro atoms. The van der Waals surface area contributed by atoms with Crippen LogP contribution < -0.4 is 5.32 Å². The summed E-state index contributed by atoms with van der Waals surface area (Å²) in [7, 11) is 0. The molecule has 19 heavy (non-hydrogen) atoms. The minimum Gasteiger partial charge on any atom is -0.306 e. The van der Waals surface area contributed by atoms with Gasteiger partial charge in [0.1, 0.15) is 0 Å². The summed E-state index contributed by atoms with van der Waals surface area (Å²) in [4.78, 5) is 0. The topological polar surface area (TPSA) is 12.0 Å². The Bertz CT molecular complexity index is 557. The zero-order valence-electron chi connectivity index (χ0n) is 11.7. The fourth-order valence-electron chi connectivity index (χ4n) is 2.81. The van der Waals surface area contributed by atoms with Gasteiger partial charge in [0.25, 0.3) is 0 Å². The van der Waals surface area contributed by atoms with Crippen LogP contribution in [0.2, 0.25) is 0 Å². The van der Waals surface area contributed by atoms with Gasteiger partial charge < -0.3 is 5.32 Å². The number of benzene rings is 2. The Morgan fingerprint density at radius 1 is 1.00 bits per heavy atom. The van der Waals surface area contributed by atoms with Gasteiger partial charge in [0.05, 0.1) is 0 Å². The van der Waals surface area contributed by atoms with Crippen molar-refractivity contribution in [1.82, 2.24) is 5.32 Å². The van der Waals surface area contributed by atoms with Gasteiger partial charge in [0.2, 0.25) is 0 Å². The number of hydrogen-bond donors (Lipinski definition) is 1. The Hall–Kier alpha value is -1.60. The second-order valence-electron chi connectivity index (χ2n) is 5.73. The third-order valence-corrected chi connectivity index (χ3v) is 4.06. The van der Waals surface area contributed by atoms with Crippen LogP contribution in [0.4, 0.5) is 0 Å². The molecule has 1 heterocycles. The van der Waals surface area contributed by atoms with Gasteiger partial charge in [0.15, 0.2) is 0 Å². The van der Waals surface area contributed by atoms with E-state index in [0.717, 1.165) is 13.0 Å². The molecule has 1 heteroatoms. The average molecular weight is 251 g/mol. The van der Waals surface area contributed by atoms with Crippen LogP contribution in [0, 0.1) is 0 Å². The Morgan fingerprint density at radius 3 is 2.53 bits per heavy atom. The van der Waals surface area contributed by atoms with Crippen LogP contribution in [-0.4, -0.2) is 0 Å². The van der Waals surface area contributed by atoms with Crippen LogP contribution in [-0.2, 0) is 13.0 Å². The minimum absolute atomic E-state index is 0.457. The average Bonchev–Trinajstić information content (AvgIpc) is 2.47. The van der Waals surface area contributed by atoms with Crippen LogP contribution >= 0.6 is 0 Å². The first-order valence-corrected chi connectivity index (χ1v) is 7.14. The van der Waals surface area contributed by atoms with E-state index in [-0.39, 0.29) is 0 Å². The van der Waals surface area contributed by atoms with Gasteiger partial charge in [-0.25, -0.2) is 0 Å². The lowest BCUT2D eigenvalue weighted by molar-refractivity contribution is 0.498. The van der Waals surface area contributed by atoms with Crippen molar-refractivity contribution < 1.29 is 0 Å². The molecule has 0 saturated heterocycles. The molecule has 2 aromatic carbocycles. The first-order chi connectivity index (χ1) is 9.24. The molecule has 1 N–H and O–H groups in total. The minimum atomic E-state index is 0.457. The maximum Gasteiger partial charge on any atom is 0.0363 e. The molecule has 1 atom stereocenters. The summed E-state index contributed by atoms with van der Waals surface area (Å²) in [6.07, 6.45) is 1.09. The summed E-state index contributed by atoms with van der Waals surface area (Å²) in [6.45, 7) is 5.49. The smallest absolute Gasteiger partial charge is 0.0363 e. The van der Waals surface area contributed by atoms with E-state index in [1.165, 1.54) is 22.3 Å². The number of rotatable bonds is 2. The van der Waals surface area contributed by atoms with Gasteiger partial charge in [-0.3, -0.25) is 0 Å². The van der Waals surface area contributed by atoms with E-state index >= 15 is 0 Å². The van der Waals surface area contributed by atoms with E-state index in [0.29, 0.717) is 12.0 Å². The van der Waals surface area contributed by atoms with Gasteiger partial charge in [-0.05, 0) is 34.6 Å². The second kappa shape index (κ2) is 5.18. The molecule has 0 amide bonds. The first-order valence-electron chi connectivity index (χ1n) is 7.14. The van der Waals surface area contributed by atoms with Crippen molar-refractivity contribution in [2.24, 2.45) is 0 Å². The second-order valence-corrected chi connectivity index (χ2v) is 5.73. The lowest BCUT2D eigenvalue weighted by atomic mass is 9.89. The van der Waals surface area contributed by atoms with Gasteiger partial charge >= 0.3 is 0 Å². The highest BCUT2D eigenvalue weighted by molar-refractivity contribution is 5.37. The normalized spacial score (nSPS) is 18.4. The van der Waals surface area contributed by atoms with Crippen molar-refractivity contribution in [2.45, 2.75) is 38.8 Å². The summed E-state index contributed by atoms with van der Waals surface area (Å²) < 4.78 is 0. The SMILES string of the molecule is CC(C)c1ccc2c(c1)CNC(c1ccccc1)C2. The summed E-state index contributed by atoms with van der Waals surface area (Å²) in [5, 5.41) is 3.66. The molecule has 0 bridgehead atoms. The van der Waals surface area contributed by atoms with Crippen LogP contribution in [0.3, 0.4) is 0 Å². The fraction of sp³-hybridized carbons (Fsp3) is 0.333. The van der Waals surface area contributed by atoms with E-state index in [1.54, 1.807) is 0 Å². The van der Waals surface area contributed by atoms with Crippen LogP contribution in [0.1, 0.15) is 48.1 Å². The van der Waals surface area contributed by atoms with Gasteiger partial charge in [0, 0.05) is 12.6 Å². The zero-order valence-corrected chi connectivity index (χ0v) is 11.7. The highest BCUT2D eigenvalue weighted by Crippen LogP contribution is 2.28. The number of fused-ring (bicyclic) bond motifs is 1. The maximum absolute atomic E-state index is 3.66. The Morgan fingerprint density at radius 2 is 1.79 bits per heavy atom. The van der Waals surface area contributed by atoms with Crippen LogP contribution in [0.15, 0.2) is 48.5 Å². The van der Waals surface area contributed by atoms with E-state index in [9.17, 15) is 0 Å². The van der Waals surface area contributed by atoms with Gasteiger partial charge in [-0.2, -0.15) is 0 Å². The third kappa shape index (κ3) is 2.57. The highest BCUT2D eigenvalue weighted by atomic mass is 14.9. The molecule has 1 unspecified atom stereocenters. The predicted molar refractivity (Wildman–Crippen MR) is 80.3 cm³/mol. The summed E-state index contributed by atoms with van der Waals surface area (Å²) in [5.74, 6) is 0.608. The first kappa shape index (κ1) is 12.4. The molecule has 2 aromatic rings. The van der Waals surface area contributed by atoms with Gasteiger partial charge in [-0.1, -0.05) is 62.4 Å². The van der Waals surface area contributed by atoms with Crippen molar-refractivity contribution in [2.75, 3.05) is 0 Å². The molecule has 0 saturated carbocycles. The molecule has 1 aliphatic heterocycles. The number of hydrogen-bond acceptors (Lipinski definition) is 1. The maximum atomic E-state index is 3.66. The Balaban J connectivity index is 1.85. The van der Waals surface area contributed by atoms with Crippen molar-refractivity contribution in [1.29, 1.82) is 0 Å². The quantitative estimate of drug-likeness (QED) is 0.843. The molecule has 0 aliphatic carbocycles. The molecular weight excluding hydrogens is 230 g/mol. The Kier molecular flexibility index (Phi) is 3.39.